The van der Waals surface area contributed by atoms with Gasteiger partial charge in [0.1, 0.15) is 0 Å². The molecule has 1 aliphatic rings. The maximum atomic E-state index is 11.1. The lowest BCUT2D eigenvalue weighted by Crippen LogP contribution is -2.31. The molecular formula is C10H20N2OS. The molecule has 14 heavy (non-hydrogen) atoms. The lowest BCUT2D eigenvalue weighted by atomic mass is 9.95. The van der Waals surface area contributed by atoms with E-state index in [2.05, 4.69) is 10.6 Å². The maximum absolute atomic E-state index is 11.1. The first-order valence-corrected chi connectivity index (χ1v) is 6.68. The molecule has 0 bridgehead atoms. The highest BCUT2D eigenvalue weighted by Gasteiger charge is 2.12. The zero-order chi connectivity index (χ0) is 10.2. The van der Waals surface area contributed by atoms with Crippen LogP contribution in [0.5, 0.6) is 0 Å². The lowest BCUT2D eigenvalue weighted by molar-refractivity contribution is -0.118. The van der Waals surface area contributed by atoms with Gasteiger partial charge in [0, 0.05) is 6.54 Å². The number of carbonyl (C=O) groups excluding carboxylic acids is 1. The standard InChI is InChI=1S/C10H20N2OS/c1-14-8-10(13)12-7-4-9-2-5-11-6-3-9/h9,11H,2-8H2,1H3,(H,12,13). The van der Waals surface area contributed by atoms with Crippen LogP contribution >= 0.6 is 11.8 Å². The van der Waals surface area contributed by atoms with Gasteiger partial charge in [-0.2, -0.15) is 11.8 Å². The van der Waals surface area contributed by atoms with E-state index in [0.717, 1.165) is 32.0 Å². The van der Waals surface area contributed by atoms with Crippen LogP contribution in [0.3, 0.4) is 0 Å². The minimum atomic E-state index is 0.173. The van der Waals surface area contributed by atoms with Gasteiger partial charge >= 0.3 is 0 Å². The Bertz CT molecular complexity index is 170. The number of rotatable bonds is 5. The highest BCUT2D eigenvalue weighted by Crippen LogP contribution is 2.14. The SMILES string of the molecule is CSCC(=O)NCCC1CCNCC1. The highest BCUT2D eigenvalue weighted by molar-refractivity contribution is 7.99. The molecule has 1 saturated heterocycles. The minimum Gasteiger partial charge on any atom is -0.355 e. The van der Waals surface area contributed by atoms with Crippen molar-refractivity contribution in [3.05, 3.63) is 0 Å². The van der Waals surface area contributed by atoms with Gasteiger partial charge in [-0.15, -0.1) is 0 Å². The van der Waals surface area contributed by atoms with Crippen molar-refractivity contribution in [1.29, 1.82) is 0 Å². The largest absolute Gasteiger partial charge is 0.355 e. The van der Waals surface area contributed by atoms with E-state index in [1.54, 1.807) is 11.8 Å². The van der Waals surface area contributed by atoms with Gasteiger partial charge < -0.3 is 10.6 Å². The van der Waals surface area contributed by atoms with Gasteiger partial charge in [0.05, 0.1) is 5.75 Å². The number of hydrogen-bond acceptors (Lipinski definition) is 3. The van der Waals surface area contributed by atoms with Crippen LogP contribution in [0.2, 0.25) is 0 Å². The zero-order valence-electron chi connectivity index (χ0n) is 8.84. The molecule has 0 aromatic carbocycles. The summed E-state index contributed by atoms with van der Waals surface area (Å²) >= 11 is 1.57. The quantitative estimate of drug-likeness (QED) is 0.716. The Kier molecular flexibility index (Phi) is 6.03. The van der Waals surface area contributed by atoms with Gasteiger partial charge in [-0.25, -0.2) is 0 Å². The molecule has 1 heterocycles. The van der Waals surface area contributed by atoms with E-state index in [9.17, 15) is 4.79 Å². The molecule has 0 atom stereocenters. The first kappa shape index (κ1) is 11.9. The Balaban J connectivity index is 1.99. The van der Waals surface area contributed by atoms with E-state index >= 15 is 0 Å². The summed E-state index contributed by atoms with van der Waals surface area (Å²) in [6.45, 7) is 3.14. The second-order valence-corrected chi connectivity index (χ2v) is 4.63. The fourth-order valence-electron chi connectivity index (χ4n) is 1.77. The second kappa shape index (κ2) is 7.12. The van der Waals surface area contributed by atoms with Crippen molar-refractivity contribution in [1.82, 2.24) is 10.6 Å². The highest BCUT2D eigenvalue weighted by atomic mass is 32.2. The van der Waals surface area contributed by atoms with Crippen molar-refractivity contribution < 1.29 is 4.79 Å². The number of amides is 1. The molecule has 3 nitrogen and oxygen atoms in total. The average molecular weight is 216 g/mol. The van der Waals surface area contributed by atoms with Gasteiger partial charge in [0.2, 0.25) is 5.91 Å². The summed E-state index contributed by atoms with van der Waals surface area (Å²) in [6.07, 6.45) is 5.62. The maximum Gasteiger partial charge on any atom is 0.229 e. The van der Waals surface area contributed by atoms with E-state index in [4.69, 9.17) is 0 Å². The fourth-order valence-corrected chi connectivity index (χ4v) is 2.13. The van der Waals surface area contributed by atoms with Crippen LogP contribution in [0.15, 0.2) is 0 Å². The van der Waals surface area contributed by atoms with Gasteiger partial charge in [-0.3, -0.25) is 4.79 Å². The van der Waals surface area contributed by atoms with E-state index in [-0.39, 0.29) is 5.91 Å². The van der Waals surface area contributed by atoms with Crippen molar-refractivity contribution in [3.8, 4) is 0 Å². The fraction of sp³-hybridized carbons (Fsp3) is 0.900. The monoisotopic (exact) mass is 216 g/mol. The summed E-state index contributed by atoms with van der Waals surface area (Å²) in [5, 5.41) is 6.29. The van der Waals surface area contributed by atoms with Crippen LogP contribution in [-0.4, -0.2) is 37.6 Å². The van der Waals surface area contributed by atoms with E-state index in [1.165, 1.54) is 12.8 Å². The smallest absolute Gasteiger partial charge is 0.229 e. The van der Waals surface area contributed by atoms with Crippen LogP contribution < -0.4 is 10.6 Å². The molecular weight excluding hydrogens is 196 g/mol. The zero-order valence-corrected chi connectivity index (χ0v) is 9.66. The predicted molar refractivity (Wildman–Crippen MR) is 61.6 cm³/mol. The summed E-state index contributed by atoms with van der Waals surface area (Å²) in [6, 6.07) is 0. The molecule has 0 aliphatic carbocycles. The summed E-state index contributed by atoms with van der Waals surface area (Å²) < 4.78 is 0. The Morgan fingerprint density at radius 1 is 1.50 bits per heavy atom. The molecule has 0 radical (unpaired) electrons. The van der Waals surface area contributed by atoms with Crippen LogP contribution in [-0.2, 0) is 4.79 Å². The number of hydrogen-bond donors (Lipinski definition) is 2. The average Bonchev–Trinajstić information content (AvgIpc) is 2.20. The normalized spacial score (nSPS) is 18.1. The summed E-state index contributed by atoms with van der Waals surface area (Å²) in [4.78, 5) is 11.1. The van der Waals surface area contributed by atoms with Crippen molar-refractivity contribution >= 4 is 17.7 Å². The van der Waals surface area contributed by atoms with Crippen molar-refractivity contribution in [2.75, 3.05) is 31.6 Å². The summed E-state index contributed by atoms with van der Waals surface area (Å²) in [7, 11) is 0. The molecule has 0 aromatic heterocycles. The van der Waals surface area contributed by atoms with Gasteiger partial charge in [0.15, 0.2) is 0 Å². The minimum absolute atomic E-state index is 0.173. The molecule has 1 amide bonds. The van der Waals surface area contributed by atoms with Gasteiger partial charge in [0.25, 0.3) is 0 Å². The third-order valence-electron chi connectivity index (χ3n) is 2.61. The molecule has 0 aromatic rings. The van der Waals surface area contributed by atoms with E-state index < -0.39 is 0 Å². The Morgan fingerprint density at radius 3 is 2.86 bits per heavy atom. The Labute approximate surface area is 90.4 Å². The van der Waals surface area contributed by atoms with Crippen LogP contribution in [0.4, 0.5) is 0 Å². The van der Waals surface area contributed by atoms with Crippen LogP contribution in [0, 0.1) is 5.92 Å². The molecule has 0 saturated carbocycles. The first-order valence-electron chi connectivity index (χ1n) is 5.29. The molecule has 4 heteroatoms. The molecule has 1 aliphatic heterocycles. The number of thioether (sulfide) groups is 1. The van der Waals surface area contributed by atoms with Gasteiger partial charge in [-0.1, -0.05) is 0 Å². The number of carbonyl (C=O) groups is 1. The molecule has 2 N–H and O–H groups in total. The first-order chi connectivity index (χ1) is 6.83. The van der Waals surface area contributed by atoms with E-state index in [0.29, 0.717) is 5.75 Å². The molecule has 1 fully saturated rings. The lowest BCUT2D eigenvalue weighted by Gasteiger charge is -2.22. The third-order valence-corrected chi connectivity index (χ3v) is 3.16. The molecule has 0 spiro atoms. The van der Waals surface area contributed by atoms with Crippen molar-refractivity contribution in [3.63, 3.8) is 0 Å². The summed E-state index contributed by atoms with van der Waals surface area (Å²) in [5.41, 5.74) is 0. The van der Waals surface area contributed by atoms with Crippen LogP contribution in [0.1, 0.15) is 19.3 Å². The molecule has 1 rings (SSSR count). The number of nitrogens with one attached hydrogen (secondary N) is 2. The van der Waals surface area contributed by atoms with Crippen molar-refractivity contribution in [2.24, 2.45) is 5.92 Å². The topological polar surface area (TPSA) is 41.1 Å². The Morgan fingerprint density at radius 2 is 2.21 bits per heavy atom. The Hall–Kier alpha value is -0.220. The van der Waals surface area contributed by atoms with Crippen molar-refractivity contribution in [2.45, 2.75) is 19.3 Å². The van der Waals surface area contributed by atoms with E-state index in [1.807, 2.05) is 6.26 Å². The third kappa shape index (κ3) is 4.86. The number of piperidine rings is 1. The predicted octanol–water partition coefficient (Wildman–Crippen LogP) is 0.855. The van der Waals surface area contributed by atoms with Gasteiger partial charge in [-0.05, 0) is 44.5 Å². The van der Waals surface area contributed by atoms with Crippen LogP contribution in [0.25, 0.3) is 0 Å². The summed E-state index contributed by atoms with van der Waals surface area (Å²) in [5.74, 6) is 1.57. The molecule has 0 unspecified atom stereocenters. The second-order valence-electron chi connectivity index (χ2n) is 3.77. The molecule has 82 valence electrons.